The molecule has 3 heteroatoms. The van der Waals surface area contributed by atoms with Gasteiger partial charge in [-0.2, -0.15) is 0 Å². The molecule has 0 radical (unpaired) electrons. The number of pyridine rings is 1. The largest absolute Gasteiger partial charge is 0.497 e. The molecule has 0 spiro atoms. The highest BCUT2D eigenvalue weighted by molar-refractivity contribution is 5.92. The maximum Gasteiger partial charge on any atom is 0.119 e. The van der Waals surface area contributed by atoms with E-state index in [0.717, 1.165) is 42.9 Å². The second kappa shape index (κ2) is 6.16. The standard InChI is InChI=1S/C21H22N2O/c1-15-8-11-19-20(22-15)6-3-7-21(19)23-12-4-5-16-9-10-18(24-2)13-17(16)14-23/h3,6-11,13H,4-5,12,14H2,1-2H3. The van der Waals surface area contributed by atoms with Crippen molar-refractivity contribution in [1.82, 2.24) is 4.98 Å². The van der Waals surface area contributed by atoms with E-state index in [1.165, 1.54) is 22.2 Å². The molecule has 0 bridgehead atoms. The highest BCUT2D eigenvalue weighted by Crippen LogP contribution is 2.31. The van der Waals surface area contributed by atoms with Crippen molar-refractivity contribution in [3.63, 3.8) is 0 Å². The summed E-state index contributed by atoms with van der Waals surface area (Å²) < 4.78 is 5.42. The lowest BCUT2D eigenvalue weighted by Gasteiger charge is -2.25. The van der Waals surface area contributed by atoms with E-state index < -0.39 is 0 Å². The Bertz CT molecular complexity index is 888. The number of hydrogen-bond donors (Lipinski definition) is 0. The third-order valence-corrected chi connectivity index (χ3v) is 4.84. The Morgan fingerprint density at radius 3 is 2.83 bits per heavy atom. The zero-order valence-electron chi connectivity index (χ0n) is 14.2. The lowest BCUT2D eigenvalue weighted by molar-refractivity contribution is 0.414. The molecule has 1 aliphatic heterocycles. The molecule has 2 heterocycles. The number of anilines is 1. The number of nitrogens with zero attached hydrogens (tertiary/aromatic N) is 2. The van der Waals surface area contributed by atoms with Crippen molar-refractivity contribution in [1.29, 1.82) is 0 Å². The van der Waals surface area contributed by atoms with Crippen molar-refractivity contribution in [3.05, 3.63) is 65.4 Å². The van der Waals surface area contributed by atoms with Crippen molar-refractivity contribution in [2.24, 2.45) is 0 Å². The topological polar surface area (TPSA) is 25.4 Å². The van der Waals surface area contributed by atoms with E-state index in [-0.39, 0.29) is 0 Å². The zero-order valence-corrected chi connectivity index (χ0v) is 14.2. The van der Waals surface area contributed by atoms with Gasteiger partial charge >= 0.3 is 0 Å². The number of fused-ring (bicyclic) bond motifs is 2. The summed E-state index contributed by atoms with van der Waals surface area (Å²) in [6, 6.07) is 17.2. The van der Waals surface area contributed by atoms with Gasteiger partial charge in [0.15, 0.2) is 0 Å². The number of hydrogen-bond acceptors (Lipinski definition) is 3. The van der Waals surface area contributed by atoms with Crippen molar-refractivity contribution in [2.45, 2.75) is 26.3 Å². The highest BCUT2D eigenvalue weighted by Gasteiger charge is 2.17. The van der Waals surface area contributed by atoms with Gasteiger partial charge in [-0.05, 0) is 67.3 Å². The molecule has 0 aliphatic carbocycles. The lowest BCUT2D eigenvalue weighted by Crippen LogP contribution is -2.22. The average Bonchev–Trinajstić information content (AvgIpc) is 2.82. The summed E-state index contributed by atoms with van der Waals surface area (Å²) in [6.45, 7) is 4.02. The van der Waals surface area contributed by atoms with E-state index in [1.54, 1.807) is 7.11 Å². The minimum absolute atomic E-state index is 0.916. The van der Waals surface area contributed by atoms with E-state index in [1.807, 2.05) is 6.92 Å². The van der Waals surface area contributed by atoms with Crippen LogP contribution in [-0.4, -0.2) is 18.6 Å². The van der Waals surface area contributed by atoms with Crippen molar-refractivity contribution < 1.29 is 4.74 Å². The van der Waals surface area contributed by atoms with Gasteiger partial charge in [-0.15, -0.1) is 0 Å². The van der Waals surface area contributed by atoms with E-state index in [2.05, 4.69) is 58.4 Å². The minimum Gasteiger partial charge on any atom is -0.497 e. The third-order valence-electron chi connectivity index (χ3n) is 4.84. The molecule has 0 saturated heterocycles. The van der Waals surface area contributed by atoms with Gasteiger partial charge in [0.2, 0.25) is 0 Å². The molecule has 24 heavy (non-hydrogen) atoms. The van der Waals surface area contributed by atoms with Gasteiger partial charge in [-0.25, -0.2) is 0 Å². The Morgan fingerprint density at radius 1 is 1.04 bits per heavy atom. The van der Waals surface area contributed by atoms with Gasteiger partial charge in [0.1, 0.15) is 5.75 Å². The van der Waals surface area contributed by atoms with Gasteiger partial charge in [-0.3, -0.25) is 4.98 Å². The second-order valence-corrected chi connectivity index (χ2v) is 6.46. The Balaban J connectivity index is 1.76. The minimum atomic E-state index is 0.916. The van der Waals surface area contributed by atoms with Gasteiger partial charge < -0.3 is 9.64 Å². The van der Waals surface area contributed by atoms with Crippen molar-refractivity contribution in [3.8, 4) is 5.75 Å². The van der Waals surface area contributed by atoms with Crippen LogP contribution in [0.4, 0.5) is 5.69 Å². The monoisotopic (exact) mass is 318 g/mol. The normalized spacial score (nSPS) is 14.3. The molecule has 0 amide bonds. The second-order valence-electron chi connectivity index (χ2n) is 6.46. The first-order valence-electron chi connectivity index (χ1n) is 8.52. The summed E-state index contributed by atoms with van der Waals surface area (Å²) in [7, 11) is 1.73. The Labute approximate surface area is 142 Å². The van der Waals surface area contributed by atoms with Crippen LogP contribution >= 0.6 is 0 Å². The SMILES string of the molecule is COc1ccc2c(c1)CN(c1cccc3nc(C)ccc13)CCC2. The highest BCUT2D eigenvalue weighted by atomic mass is 16.5. The molecule has 0 N–H and O–H groups in total. The van der Waals surface area contributed by atoms with Gasteiger partial charge in [0.05, 0.1) is 12.6 Å². The van der Waals surface area contributed by atoms with Crippen LogP contribution in [0.2, 0.25) is 0 Å². The van der Waals surface area contributed by atoms with Crippen LogP contribution in [0.3, 0.4) is 0 Å². The van der Waals surface area contributed by atoms with E-state index in [0.29, 0.717) is 0 Å². The Hall–Kier alpha value is -2.55. The van der Waals surface area contributed by atoms with Crippen LogP contribution < -0.4 is 9.64 Å². The smallest absolute Gasteiger partial charge is 0.119 e. The Morgan fingerprint density at radius 2 is 1.96 bits per heavy atom. The summed E-state index contributed by atoms with van der Waals surface area (Å²) >= 11 is 0. The molecule has 3 aromatic rings. The van der Waals surface area contributed by atoms with Gasteiger partial charge in [-0.1, -0.05) is 12.1 Å². The molecule has 3 nitrogen and oxygen atoms in total. The molecule has 0 saturated carbocycles. The van der Waals surface area contributed by atoms with Crippen LogP contribution in [0.5, 0.6) is 5.75 Å². The van der Waals surface area contributed by atoms with Crippen molar-refractivity contribution in [2.75, 3.05) is 18.6 Å². The third kappa shape index (κ3) is 2.71. The molecule has 1 aliphatic rings. The fraction of sp³-hybridized carbons (Fsp3) is 0.286. The molecule has 122 valence electrons. The number of aromatic nitrogens is 1. The first-order chi connectivity index (χ1) is 11.7. The van der Waals surface area contributed by atoms with Crippen LogP contribution in [0.25, 0.3) is 10.9 Å². The number of rotatable bonds is 2. The zero-order chi connectivity index (χ0) is 16.5. The van der Waals surface area contributed by atoms with Crippen LogP contribution in [0.1, 0.15) is 23.2 Å². The molecule has 0 unspecified atom stereocenters. The van der Waals surface area contributed by atoms with Crippen LogP contribution in [0.15, 0.2) is 48.5 Å². The maximum absolute atomic E-state index is 5.42. The first-order valence-corrected chi connectivity index (χ1v) is 8.52. The molecule has 2 aromatic carbocycles. The fourth-order valence-electron chi connectivity index (χ4n) is 3.59. The summed E-state index contributed by atoms with van der Waals surface area (Å²) in [5.74, 6) is 0.936. The molecule has 4 rings (SSSR count). The number of ether oxygens (including phenoxy) is 1. The van der Waals surface area contributed by atoms with Crippen molar-refractivity contribution >= 4 is 16.6 Å². The molecule has 1 aromatic heterocycles. The molecule has 0 atom stereocenters. The number of methoxy groups -OCH3 is 1. The molecular weight excluding hydrogens is 296 g/mol. The van der Waals surface area contributed by atoms with Gasteiger partial charge in [0.25, 0.3) is 0 Å². The van der Waals surface area contributed by atoms with E-state index in [9.17, 15) is 0 Å². The predicted octanol–water partition coefficient (Wildman–Crippen LogP) is 4.50. The van der Waals surface area contributed by atoms with Gasteiger partial charge in [0, 0.05) is 29.9 Å². The number of aryl methyl sites for hydroxylation is 2. The summed E-state index contributed by atoms with van der Waals surface area (Å²) in [4.78, 5) is 7.16. The number of benzene rings is 2. The van der Waals surface area contributed by atoms with E-state index >= 15 is 0 Å². The fourth-order valence-corrected chi connectivity index (χ4v) is 3.59. The summed E-state index contributed by atoms with van der Waals surface area (Å²) in [6.07, 6.45) is 2.28. The summed E-state index contributed by atoms with van der Waals surface area (Å²) in [5.41, 5.74) is 6.21. The van der Waals surface area contributed by atoms with Crippen LogP contribution in [-0.2, 0) is 13.0 Å². The maximum atomic E-state index is 5.42. The molecular formula is C21H22N2O. The Kier molecular flexibility index (Phi) is 3.85. The quantitative estimate of drug-likeness (QED) is 0.695. The average molecular weight is 318 g/mol. The van der Waals surface area contributed by atoms with Crippen LogP contribution in [0, 0.1) is 6.92 Å². The van der Waals surface area contributed by atoms with E-state index in [4.69, 9.17) is 4.74 Å². The predicted molar refractivity (Wildman–Crippen MR) is 98.8 cm³/mol. The first kappa shape index (κ1) is 15.0. The summed E-state index contributed by atoms with van der Waals surface area (Å²) in [5, 5.41) is 1.23. The molecule has 0 fully saturated rings. The lowest BCUT2D eigenvalue weighted by atomic mass is 10.0.